The lowest BCUT2D eigenvalue weighted by atomic mass is 9.86. The predicted octanol–water partition coefficient (Wildman–Crippen LogP) is 6.78. The molecule has 0 spiro atoms. The van der Waals surface area contributed by atoms with Gasteiger partial charge < -0.3 is 24.6 Å². The third-order valence-corrected chi connectivity index (χ3v) is 10.9. The number of pyridine rings is 2. The molecule has 53 heavy (non-hydrogen) atoms. The van der Waals surface area contributed by atoms with Gasteiger partial charge in [0.15, 0.2) is 11.5 Å². The largest absolute Gasteiger partial charge is 0.481 e. The molecule has 0 bridgehead atoms. The summed E-state index contributed by atoms with van der Waals surface area (Å²) in [5, 5.41) is 8.98. The van der Waals surface area contributed by atoms with E-state index in [0.29, 0.717) is 67.4 Å². The normalized spacial score (nSPS) is 19.3. The Kier molecular flexibility index (Phi) is 10.6. The summed E-state index contributed by atoms with van der Waals surface area (Å²) in [6, 6.07) is 3.18. The summed E-state index contributed by atoms with van der Waals surface area (Å²) in [6.45, 7) is 9.18. The molecule has 0 unspecified atom stereocenters. The maximum absolute atomic E-state index is 14.3. The number of fused-ring (bicyclic) bond motifs is 1. The zero-order valence-corrected chi connectivity index (χ0v) is 30.6. The molecule has 0 radical (unpaired) electrons. The first kappa shape index (κ1) is 37.0. The number of alkyl halides is 3. The Balaban J connectivity index is 1.20. The van der Waals surface area contributed by atoms with Crippen LogP contribution in [0, 0.1) is 5.41 Å². The minimum absolute atomic E-state index is 0.0390. The van der Waals surface area contributed by atoms with Crippen LogP contribution in [0.3, 0.4) is 0 Å². The maximum Gasteiger partial charge on any atom is 0.418 e. The first-order valence-electron chi connectivity index (χ1n) is 18.7. The molecule has 4 aromatic rings. The van der Waals surface area contributed by atoms with E-state index in [9.17, 15) is 18.0 Å². The van der Waals surface area contributed by atoms with E-state index in [-0.39, 0.29) is 35.1 Å². The number of carboxylic acids is 1. The van der Waals surface area contributed by atoms with Gasteiger partial charge in [-0.3, -0.25) is 14.7 Å². The fourth-order valence-electron chi connectivity index (χ4n) is 8.07. The Morgan fingerprint density at radius 2 is 1.87 bits per heavy atom. The van der Waals surface area contributed by atoms with E-state index in [4.69, 9.17) is 29.8 Å². The van der Waals surface area contributed by atoms with Gasteiger partial charge in [0.2, 0.25) is 0 Å². The number of halogens is 3. The maximum atomic E-state index is 14.3. The topological polar surface area (TPSA) is 136 Å². The number of imidazole rings is 1. The van der Waals surface area contributed by atoms with Gasteiger partial charge in [0.05, 0.1) is 41.6 Å². The molecule has 2 aliphatic carbocycles. The summed E-state index contributed by atoms with van der Waals surface area (Å²) in [4.78, 5) is 44.4. The van der Waals surface area contributed by atoms with Crippen LogP contribution in [0.2, 0.25) is 0 Å². The molecular weight excluding hydrogens is 687 g/mol. The fraction of sp³-hybridized carbons (Fsp3) is 0.579. The fourth-order valence-corrected chi connectivity index (χ4v) is 8.07. The van der Waals surface area contributed by atoms with Crippen molar-refractivity contribution in [3.05, 3.63) is 42.0 Å². The van der Waals surface area contributed by atoms with E-state index in [2.05, 4.69) is 31.6 Å². The van der Waals surface area contributed by atoms with E-state index in [1.165, 1.54) is 12.3 Å². The van der Waals surface area contributed by atoms with Gasteiger partial charge in [-0.2, -0.15) is 13.2 Å². The highest BCUT2D eigenvalue weighted by Crippen LogP contribution is 2.46. The van der Waals surface area contributed by atoms with Crippen molar-refractivity contribution in [2.45, 2.75) is 83.4 Å². The van der Waals surface area contributed by atoms with E-state index in [0.717, 1.165) is 63.4 Å². The molecule has 1 aliphatic heterocycles. The third kappa shape index (κ3) is 8.25. The zero-order valence-electron chi connectivity index (χ0n) is 30.6. The molecule has 7 rings (SSSR count). The SMILES string of the molecule is CCOCC1(CN(C)c2cc(-c3cnc(C4CC4)c(C(F)(F)F)c3)nc3nc(-c4cnc(N5CCN(CCCC(=O)O)C[C@H]5C)cn4)[nH]c23)CCCC1. The van der Waals surface area contributed by atoms with Crippen molar-refractivity contribution in [1.82, 2.24) is 34.8 Å². The Labute approximate surface area is 307 Å². The second-order valence-corrected chi connectivity index (χ2v) is 15.0. The molecule has 3 fully saturated rings. The molecule has 0 aromatic carbocycles. The van der Waals surface area contributed by atoms with Crippen LogP contribution in [0.1, 0.15) is 82.4 Å². The molecule has 3 aliphatic rings. The first-order valence-corrected chi connectivity index (χ1v) is 18.7. The molecule has 2 N–H and O–H groups in total. The molecule has 2 saturated carbocycles. The van der Waals surface area contributed by atoms with Gasteiger partial charge in [0.25, 0.3) is 0 Å². The van der Waals surface area contributed by atoms with E-state index >= 15 is 0 Å². The lowest BCUT2D eigenvalue weighted by Gasteiger charge is -2.40. The quantitative estimate of drug-likeness (QED) is 0.142. The highest BCUT2D eigenvalue weighted by Gasteiger charge is 2.40. The van der Waals surface area contributed by atoms with Crippen LogP contribution >= 0.6 is 0 Å². The molecule has 4 aromatic heterocycles. The van der Waals surface area contributed by atoms with E-state index in [1.807, 2.05) is 20.0 Å². The van der Waals surface area contributed by atoms with Crippen LogP contribution in [0.4, 0.5) is 24.7 Å². The van der Waals surface area contributed by atoms with Crippen LogP contribution in [0.5, 0.6) is 0 Å². The average Bonchev–Trinajstić information content (AvgIpc) is 3.73. The number of H-pyrrole nitrogens is 1. The van der Waals surface area contributed by atoms with Crippen LogP contribution in [0.15, 0.2) is 30.7 Å². The Hall–Kier alpha value is -4.37. The second-order valence-electron chi connectivity index (χ2n) is 15.0. The van der Waals surface area contributed by atoms with Gasteiger partial charge in [0, 0.05) is 75.4 Å². The summed E-state index contributed by atoms with van der Waals surface area (Å²) in [5.41, 5.74) is 2.32. The van der Waals surface area contributed by atoms with Gasteiger partial charge in [-0.05, 0) is 64.6 Å². The van der Waals surface area contributed by atoms with Crippen molar-refractivity contribution in [3.8, 4) is 22.8 Å². The van der Waals surface area contributed by atoms with Gasteiger partial charge in [0.1, 0.15) is 17.0 Å². The van der Waals surface area contributed by atoms with Gasteiger partial charge in [-0.1, -0.05) is 12.8 Å². The number of aliphatic carboxylic acids is 1. The van der Waals surface area contributed by atoms with Gasteiger partial charge in [-0.25, -0.2) is 19.9 Å². The van der Waals surface area contributed by atoms with Crippen LogP contribution in [0.25, 0.3) is 33.9 Å². The standard InChI is InChI=1S/C38H48F3N9O3/c1-4-53-23-37(11-5-6-12-37)22-48(3)30-17-28(26-16-27(38(39,40)41)33(44-18-26)25-9-10-25)45-36-34(30)46-35(47-36)29-19-43-31(20-42-29)50-15-14-49(21-24(50)2)13-7-8-32(51)52/h16-20,24-25H,4-15,21-23H2,1-3H3,(H,51,52)(H,45,46,47)/t24-/m1/s1. The minimum Gasteiger partial charge on any atom is -0.481 e. The summed E-state index contributed by atoms with van der Waals surface area (Å²) in [7, 11) is 2.00. The molecule has 12 nitrogen and oxygen atoms in total. The van der Waals surface area contributed by atoms with Crippen molar-refractivity contribution in [2.75, 3.05) is 62.8 Å². The molecule has 5 heterocycles. The van der Waals surface area contributed by atoms with Crippen LogP contribution in [-0.2, 0) is 15.7 Å². The lowest BCUT2D eigenvalue weighted by molar-refractivity contribution is -0.139. The second kappa shape index (κ2) is 15.2. The average molecular weight is 736 g/mol. The van der Waals surface area contributed by atoms with Crippen LogP contribution < -0.4 is 9.80 Å². The highest BCUT2D eigenvalue weighted by molar-refractivity contribution is 5.91. The third-order valence-electron chi connectivity index (χ3n) is 10.9. The monoisotopic (exact) mass is 735 g/mol. The van der Waals surface area contributed by atoms with Gasteiger partial charge in [-0.15, -0.1) is 0 Å². The smallest absolute Gasteiger partial charge is 0.418 e. The van der Waals surface area contributed by atoms with Gasteiger partial charge >= 0.3 is 12.1 Å². The summed E-state index contributed by atoms with van der Waals surface area (Å²) >= 11 is 0. The number of carboxylic acid groups (broad SMARTS) is 1. The Bertz CT molecular complexity index is 1910. The first-order chi connectivity index (χ1) is 25.4. The number of anilines is 2. The Morgan fingerprint density at radius 3 is 2.53 bits per heavy atom. The Morgan fingerprint density at radius 1 is 1.08 bits per heavy atom. The van der Waals surface area contributed by atoms with Crippen molar-refractivity contribution in [2.24, 2.45) is 5.41 Å². The number of nitrogens with zero attached hydrogens (tertiary/aromatic N) is 8. The van der Waals surface area contributed by atoms with Crippen molar-refractivity contribution in [3.63, 3.8) is 0 Å². The number of piperazine rings is 1. The number of aromatic amines is 1. The number of rotatable bonds is 14. The molecule has 0 amide bonds. The van der Waals surface area contributed by atoms with E-state index in [1.54, 1.807) is 12.4 Å². The summed E-state index contributed by atoms with van der Waals surface area (Å²) < 4.78 is 48.8. The van der Waals surface area contributed by atoms with Crippen molar-refractivity contribution < 1.29 is 27.8 Å². The number of hydrogen-bond donors (Lipinski definition) is 2. The molecular formula is C38H48F3N9O3. The molecule has 15 heteroatoms. The van der Waals surface area contributed by atoms with E-state index < -0.39 is 17.7 Å². The number of aromatic nitrogens is 6. The van der Waals surface area contributed by atoms with Crippen molar-refractivity contribution >= 4 is 28.6 Å². The van der Waals surface area contributed by atoms with Crippen LogP contribution in [-0.4, -0.2) is 105 Å². The minimum atomic E-state index is -4.53. The van der Waals surface area contributed by atoms with Crippen molar-refractivity contribution in [1.29, 1.82) is 0 Å². The summed E-state index contributed by atoms with van der Waals surface area (Å²) in [5.74, 6) is 0.261. The number of nitrogens with one attached hydrogen (secondary N) is 1. The number of carbonyl (C=O) groups is 1. The predicted molar refractivity (Wildman–Crippen MR) is 196 cm³/mol. The lowest BCUT2D eigenvalue weighted by Crippen LogP contribution is -2.52. The summed E-state index contributed by atoms with van der Waals surface area (Å²) in [6.07, 6.45) is 6.91. The molecule has 1 atom stereocenters. The molecule has 284 valence electrons. The zero-order chi connectivity index (χ0) is 37.3. The number of hydrogen-bond acceptors (Lipinski definition) is 10. The number of ether oxygens (including phenoxy) is 1. The molecule has 1 saturated heterocycles. The highest BCUT2D eigenvalue weighted by atomic mass is 19.4.